The number of nitrogens with one attached hydrogen (secondary N) is 4. The second-order valence-electron chi connectivity index (χ2n) is 13.2. The molecule has 2 aliphatic heterocycles. The molecular weight excluding hydrogens is 586 g/mol. The Kier molecular flexibility index (Phi) is 10.9. The second-order valence-corrected chi connectivity index (χ2v) is 14.7. The van der Waals surface area contributed by atoms with E-state index < -0.39 is 51.3 Å². The number of hydrogen-bond acceptors (Lipinski definition) is 7. The molecule has 0 spiro atoms. The summed E-state index contributed by atoms with van der Waals surface area (Å²) in [5.41, 5.74) is -1.14. The Morgan fingerprint density at radius 1 is 1.00 bits per heavy atom. The first kappa shape index (κ1) is 33.7. The molecule has 13 heteroatoms. The number of ether oxygens (including phenoxy) is 1. The fraction of sp³-hybridized carbons (Fsp3) is 0.677. The summed E-state index contributed by atoms with van der Waals surface area (Å²) >= 11 is 0. The van der Waals surface area contributed by atoms with Gasteiger partial charge >= 0.3 is 16.3 Å². The molecule has 1 aromatic rings. The quantitative estimate of drug-likeness (QED) is 0.359. The van der Waals surface area contributed by atoms with Crippen molar-refractivity contribution in [3.63, 3.8) is 0 Å². The van der Waals surface area contributed by atoms with Gasteiger partial charge in [0.2, 0.25) is 11.8 Å². The van der Waals surface area contributed by atoms with Crippen molar-refractivity contribution in [2.45, 2.75) is 115 Å². The molecule has 1 saturated carbocycles. The van der Waals surface area contributed by atoms with Gasteiger partial charge in [-0.3, -0.25) is 14.4 Å². The van der Waals surface area contributed by atoms with E-state index in [0.29, 0.717) is 45.1 Å². The van der Waals surface area contributed by atoms with Crippen molar-refractivity contribution in [1.82, 2.24) is 25.0 Å². The van der Waals surface area contributed by atoms with Crippen LogP contribution in [0.25, 0.3) is 0 Å². The predicted octanol–water partition coefficient (Wildman–Crippen LogP) is 2.68. The average molecular weight is 634 g/mol. The molecule has 44 heavy (non-hydrogen) atoms. The summed E-state index contributed by atoms with van der Waals surface area (Å²) in [5.74, 6) is -1.83. The molecule has 0 radical (unpaired) electrons. The lowest BCUT2D eigenvalue weighted by atomic mass is 10.0. The van der Waals surface area contributed by atoms with Gasteiger partial charge in [-0.05, 0) is 70.8 Å². The molecular formula is C31H47N5O7S. The summed E-state index contributed by atoms with van der Waals surface area (Å²) in [6.07, 6.45) is 6.40. The van der Waals surface area contributed by atoms with Crippen LogP contribution in [0.4, 0.5) is 4.79 Å². The van der Waals surface area contributed by atoms with Crippen LogP contribution >= 0.6 is 0 Å². The second kappa shape index (κ2) is 14.3. The lowest BCUT2D eigenvalue weighted by molar-refractivity contribution is -0.141. The van der Waals surface area contributed by atoms with Crippen molar-refractivity contribution in [2.75, 3.05) is 13.1 Å². The molecule has 4 N–H and O–H groups in total. The maximum atomic E-state index is 13.7. The summed E-state index contributed by atoms with van der Waals surface area (Å²) in [4.78, 5) is 55.0. The van der Waals surface area contributed by atoms with Crippen molar-refractivity contribution in [1.29, 1.82) is 0 Å². The van der Waals surface area contributed by atoms with Crippen molar-refractivity contribution < 1.29 is 32.3 Å². The van der Waals surface area contributed by atoms with Crippen molar-refractivity contribution in [3.05, 3.63) is 35.9 Å². The Bertz CT molecular complexity index is 1300. The van der Waals surface area contributed by atoms with Crippen molar-refractivity contribution >= 4 is 34.0 Å². The van der Waals surface area contributed by atoms with Crippen LogP contribution in [0.2, 0.25) is 0 Å². The normalized spacial score (nSPS) is 26.7. The van der Waals surface area contributed by atoms with Gasteiger partial charge in [0.15, 0.2) is 0 Å². The van der Waals surface area contributed by atoms with Crippen molar-refractivity contribution in [3.8, 4) is 0 Å². The number of nitrogens with zero attached hydrogens (tertiary/aromatic N) is 1. The summed E-state index contributed by atoms with van der Waals surface area (Å²) in [7, 11) is -4.17. The summed E-state index contributed by atoms with van der Waals surface area (Å²) < 4.78 is 35.6. The zero-order chi connectivity index (χ0) is 32.0. The van der Waals surface area contributed by atoms with Gasteiger partial charge in [-0.15, -0.1) is 0 Å². The van der Waals surface area contributed by atoms with Gasteiger partial charge in [0.25, 0.3) is 5.91 Å². The molecule has 2 heterocycles. The highest BCUT2D eigenvalue weighted by Crippen LogP contribution is 2.47. The SMILES string of the molecule is CC(C)(C)OC(=O)N[C@H]1CCCCCCCC2C[C@@]2(C(=O)NS(=O)(=O)NCCc2ccccc2)NC(=O)[C@@H]2CCCN2C1=O. The molecule has 4 atom stereocenters. The molecule has 1 unspecified atom stereocenters. The molecule has 12 nitrogen and oxygen atoms in total. The number of rotatable bonds is 7. The summed E-state index contributed by atoms with van der Waals surface area (Å²) in [5, 5.41) is 5.59. The van der Waals surface area contributed by atoms with Gasteiger partial charge in [0.05, 0.1) is 0 Å². The van der Waals surface area contributed by atoms with E-state index in [1.54, 1.807) is 20.8 Å². The summed E-state index contributed by atoms with van der Waals surface area (Å²) in [6, 6.07) is 7.71. The molecule has 0 bridgehead atoms. The molecule has 1 aliphatic carbocycles. The fourth-order valence-corrected chi connectivity index (χ4v) is 7.04. The van der Waals surface area contributed by atoms with Gasteiger partial charge in [-0.2, -0.15) is 13.1 Å². The molecule has 4 amide bonds. The number of alkyl carbamates (subject to hydrolysis) is 1. The first-order valence-corrected chi connectivity index (χ1v) is 17.3. The smallest absolute Gasteiger partial charge is 0.408 e. The highest BCUT2D eigenvalue weighted by Gasteiger charge is 2.61. The largest absolute Gasteiger partial charge is 0.444 e. The van der Waals surface area contributed by atoms with E-state index in [1.165, 1.54) is 4.90 Å². The minimum absolute atomic E-state index is 0.104. The molecule has 4 rings (SSSR count). The number of carbonyl (C=O) groups excluding carboxylic acids is 4. The van der Waals surface area contributed by atoms with E-state index in [0.717, 1.165) is 37.7 Å². The topological polar surface area (TPSA) is 163 Å². The first-order valence-electron chi connectivity index (χ1n) is 15.8. The van der Waals surface area contributed by atoms with E-state index in [-0.39, 0.29) is 18.4 Å². The molecule has 3 aliphatic rings. The summed E-state index contributed by atoms with van der Waals surface area (Å²) in [6.45, 7) is 5.68. The van der Waals surface area contributed by atoms with Gasteiger partial charge in [0, 0.05) is 13.1 Å². The number of amides is 4. The van der Waals surface area contributed by atoms with Crippen LogP contribution in [-0.4, -0.2) is 73.4 Å². The minimum atomic E-state index is -4.17. The molecule has 2 saturated heterocycles. The van der Waals surface area contributed by atoms with Crippen LogP contribution in [0.15, 0.2) is 30.3 Å². The van der Waals surface area contributed by atoms with Crippen LogP contribution in [0.3, 0.4) is 0 Å². The van der Waals surface area contributed by atoms with Crippen LogP contribution in [0.5, 0.6) is 0 Å². The van der Waals surface area contributed by atoms with E-state index in [2.05, 4.69) is 20.1 Å². The molecule has 0 aromatic heterocycles. The zero-order valence-electron chi connectivity index (χ0n) is 26.0. The van der Waals surface area contributed by atoms with E-state index in [4.69, 9.17) is 4.74 Å². The molecule has 244 valence electrons. The zero-order valence-corrected chi connectivity index (χ0v) is 26.8. The van der Waals surface area contributed by atoms with Crippen LogP contribution in [0.1, 0.15) is 90.5 Å². The number of carbonyl (C=O) groups is 4. The average Bonchev–Trinajstić information content (AvgIpc) is 3.40. The molecule has 1 aromatic carbocycles. The number of fused-ring (bicyclic) bond motifs is 2. The van der Waals surface area contributed by atoms with Gasteiger partial charge in [-0.25, -0.2) is 9.52 Å². The monoisotopic (exact) mass is 633 g/mol. The van der Waals surface area contributed by atoms with Gasteiger partial charge < -0.3 is 20.3 Å². The maximum Gasteiger partial charge on any atom is 0.408 e. The Morgan fingerprint density at radius 2 is 1.68 bits per heavy atom. The van der Waals surface area contributed by atoms with E-state index >= 15 is 0 Å². The Hall–Kier alpha value is -3.19. The van der Waals surface area contributed by atoms with Gasteiger partial charge in [0.1, 0.15) is 23.2 Å². The Morgan fingerprint density at radius 3 is 2.39 bits per heavy atom. The maximum absolute atomic E-state index is 13.7. The number of benzene rings is 1. The lowest BCUT2D eigenvalue weighted by Crippen LogP contribution is -2.59. The van der Waals surface area contributed by atoms with Crippen LogP contribution in [0, 0.1) is 5.92 Å². The highest BCUT2D eigenvalue weighted by molar-refractivity contribution is 7.88. The third kappa shape index (κ3) is 9.16. The van der Waals surface area contributed by atoms with E-state index in [9.17, 15) is 27.6 Å². The van der Waals surface area contributed by atoms with Crippen molar-refractivity contribution in [2.24, 2.45) is 5.92 Å². The standard InChI is InChI=1S/C31H47N5O7S/c1-30(2,3)43-29(40)33-24-16-11-6-4-5-10-15-23-21-31(23,34-26(37)25-17-12-20-36(25)27(24)38)28(39)35-44(41,42)32-19-18-22-13-8-7-9-14-22/h7-9,13-14,23-25,32H,4-6,10-12,15-21H2,1-3H3,(H,33,40)(H,34,37)(H,35,39)/t23?,24-,25-,31+/m0/s1. The van der Waals surface area contributed by atoms with Crippen LogP contribution < -0.4 is 20.1 Å². The Labute approximate surface area is 260 Å². The molecule has 3 fully saturated rings. The van der Waals surface area contributed by atoms with E-state index in [1.807, 2.05) is 30.3 Å². The highest BCUT2D eigenvalue weighted by atomic mass is 32.2. The predicted molar refractivity (Wildman–Crippen MR) is 164 cm³/mol. The third-order valence-electron chi connectivity index (χ3n) is 8.51. The Balaban J connectivity index is 1.46. The van der Waals surface area contributed by atoms with Gasteiger partial charge in [-0.1, -0.05) is 62.4 Å². The minimum Gasteiger partial charge on any atom is -0.444 e. The third-order valence-corrected chi connectivity index (χ3v) is 9.54. The fourth-order valence-electron chi connectivity index (χ4n) is 6.17. The lowest BCUT2D eigenvalue weighted by Gasteiger charge is -2.30. The number of hydrogen-bond donors (Lipinski definition) is 4. The first-order chi connectivity index (χ1) is 20.8. The van der Waals surface area contributed by atoms with Crippen LogP contribution in [-0.2, 0) is 35.8 Å².